The summed E-state index contributed by atoms with van der Waals surface area (Å²) in [5.74, 6) is 1.15. The Morgan fingerprint density at radius 1 is 1.14 bits per heavy atom. The second-order valence-electron chi connectivity index (χ2n) is 8.05. The maximum Gasteiger partial charge on any atom is 0.328 e. The normalized spacial score (nSPS) is 12.6. The van der Waals surface area contributed by atoms with Crippen molar-refractivity contribution in [2.75, 3.05) is 19.4 Å². The molecule has 2 heterocycles. The zero-order valence-corrected chi connectivity index (χ0v) is 19.9. The SMILES string of the molecule is COc1ccc(-c2ccc(C(=O)CNC(=O)CCn3c4c(c(=O)[nH]c3=O)CSCC4)cc2)cc1O. The number of hydrogen-bond acceptors (Lipinski definition) is 7. The number of carbonyl (C=O) groups is 2. The van der Waals surface area contributed by atoms with Gasteiger partial charge < -0.3 is 15.2 Å². The Kier molecular flexibility index (Phi) is 7.40. The number of amides is 1. The summed E-state index contributed by atoms with van der Waals surface area (Å²) in [6, 6.07) is 11.9. The van der Waals surface area contributed by atoms with Crippen LogP contribution in [-0.2, 0) is 23.5 Å². The number of phenolic OH excluding ortho intramolecular Hbond substituents is 1. The highest BCUT2D eigenvalue weighted by Gasteiger charge is 2.19. The molecule has 182 valence electrons. The Morgan fingerprint density at radius 3 is 2.60 bits per heavy atom. The molecule has 35 heavy (non-hydrogen) atoms. The second-order valence-corrected chi connectivity index (χ2v) is 9.16. The molecule has 9 nitrogen and oxygen atoms in total. The van der Waals surface area contributed by atoms with Crippen LogP contribution >= 0.6 is 11.8 Å². The van der Waals surface area contributed by atoms with Crippen molar-refractivity contribution in [3.63, 3.8) is 0 Å². The highest BCUT2D eigenvalue weighted by molar-refractivity contribution is 7.98. The Balaban J connectivity index is 1.34. The first-order valence-electron chi connectivity index (χ1n) is 11.1. The standard InChI is InChI=1S/C25H25N3O6S/c1-34-22-7-6-17(12-20(22)29)15-2-4-16(5-3-15)21(30)13-26-23(31)8-10-28-19-9-11-35-14-18(19)24(32)27-25(28)33/h2-7,12,29H,8-11,13-14H2,1H3,(H,26,31)(H,27,32,33). The number of nitrogens with zero attached hydrogens (tertiary/aromatic N) is 1. The molecule has 1 aliphatic heterocycles. The molecule has 0 aliphatic carbocycles. The Morgan fingerprint density at radius 2 is 1.89 bits per heavy atom. The molecule has 3 aromatic rings. The number of aromatic nitrogens is 2. The number of H-pyrrole nitrogens is 1. The number of phenols is 1. The molecule has 10 heteroatoms. The summed E-state index contributed by atoms with van der Waals surface area (Å²) in [6.45, 7) is -0.0389. The van der Waals surface area contributed by atoms with Crippen molar-refractivity contribution in [3.8, 4) is 22.6 Å². The van der Waals surface area contributed by atoms with E-state index in [-0.39, 0.29) is 42.5 Å². The van der Waals surface area contributed by atoms with E-state index in [1.807, 2.05) is 0 Å². The predicted molar refractivity (Wildman–Crippen MR) is 133 cm³/mol. The molecule has 0 fully saturated rings. The number of nitrogens with one attached hydrogen (secondary N) is 2. The van der Waals surface area contributed by atoms with Gasteiger partial charge in [-0.3, -0.25) is 23.9 Å². The minimum absolute atomic E-state index is 0.0126. The third kappa shape index (κ3) is 5.48. The van der Waals surface area contributed by atoms with E-state index < -0.39 is 5.69 Å². The molecule has 0 unspecified atom stereocenters. The van der Waals surface area contributed by atoms with E-state index in [1.54, 1.807) is 54.2 Å². The summed E-state index contributed by atoms with van der Waals surface area (Å²) in [5, 5.41) is 12.6. The number of thioether (sulfide) groups is 1. The lowest BCUT2D eigenvalue weighted by molar-refractivity contribution is -0.121. The minimum atomic E-state index is -0.519. The van der Waals surface area contributed by atoms with Crippen LogP contribution in [0.3, 0.4) is 0 Å². The van der Waals surface area contributed by atoms with Gasteiger partial charge in [-0.05, 0) is 35.4 Å². The highest BCUT2D eigenvalue weighted by Crippen LogP contribution is 2.31. The molecular weight excluding hydrogens is 470 g/mol. The van der Waals surface area contributed by atoms with Gasteiger partial charge in [-0.25, -0.2) is 4.79 Å². The fourth-order valence-electron chi connectivity index (χ4n) is 3.97. The van der Waals surface area contributed by atoms with E-state index in [1.165, 1.54) is 11.7 Å². The number of hydrogen-bond donors (Lipinski definition) is 3. The van der Waals surface area contributed by atoms with Crippen LogP contribution in [0.25, 0.3) is 11.1 Å². The molecule has 0 saturated carbocycles. The summed E-state index contributed by atoms with van der Waals surface area (Å²) in [5.41, 5.74) is 2.42. The van der Waals surface area contributed by atoms with Gasteiger partial charge in [-0.2, -0.15) is 11.8 Å². The zero-order chi connectivity index (χ0) is 24.9. The Hall–Kier alpha value is -3.79. The van der Waals surface area contributed by atoms with Gasteiger partial charge in [-0.1, -0.05) is 30.3 Å². The van der Waals surface area contributed by atoms with Gasteiger partial charge in [0.15, 0.2) is 17.3 Å². The third-order valence-corrected chi connectivity index (χ3v) is 6.86. The summed E-state index contributed by atoms with van der Waals surface area (Å²) < 4.78 is 6.50. The van der Waals surface area contributed by atoms with Crippen LogP contribution < -0.4 is 21.3 Å². The number of fused-ring (bicyclic) bond motifs is 1. The van der Waals surface area contributed by atoms with Crippen molar-refractivity contribution < 1.29 is 19.4 Å². The summed E-state index contributed by atoms with van der Waals surface area (Å²) in [6.07, 6.45) is 0.615. The molecule has 1 aliphatic rings. The van der Waals surface area contributed by atoms with Crippen molar-refractivity contribution in [3.05, 3.63) is 80.1 Å². The summed E-state index contributed by atoms with van der Waals surface area (Å²) >= 11 is 1.63. The summed E-state index contributed by atoms with van der Waals surface area (Å²) in [4.78, 5) is 51.4. The number of Topliss-reactive ketones (excluding diaryl/α,β-unsaturated/α-hetero) is 1. The van der Waals surface area contributed by atoms with Crippen molar-refractivity contribution in [1.29, 1.82) is 0 Å². The smallest absolute Gasteiger partial charge is 0.328 e. The average Bonchev–Trinajstić information content (AvgIpc) is 2.87. The molecule has 0 spiro atoms. The number of carbonyl (C=O) groups excluding carboxylic acids is 2. The van der Waals surface area contributed by atoms with Crippen LogP contribution in [0, 0.1) is 0 Å². The number of aromatic amines is 1. The van der Waals surface area contributed by atoms with Crippen LogP contribution in [0.1, 0.15) is 28.0 Å². The maximum absolute atomic E-state index is 12.5. The van der Waals surface area contributed by atoms with Gasteiger partial charge in [0, 0.05) is 35.5 Å². The number of ketones is 1. The number of methoxy groups -OCH3 is 1. The van der Waals surface area contributed by atoms with E-state index in [9.17, 15) is 24.3 Å². The zero-order valence-electron chi connectivity index (χ0n) is 19.1. The number of rotatable bonds is 8. The minimum Gasteiger partial charge on any atom is -0.504 e. The monoisotopic (exact) mass is 495 g/mol. The number of ether oxygens (including phenoxy) is 1. The second kappa shape index (κ2) is 10.6. The van der Waals surface area contributed by atoms with E-state index in [4.69, 9.17) is 4.74 Å². The van der Waals surface area contributed by atoms with Gasteiger partial charge in [-0.15, -0.1) is 0 Å². The quantitative estimate of drug-likeness (QED) is 0.408. The van der Waals surface area contributed by atoms with Gasteiger partial charge in [0.25, 0.3) is 5.56 Å². The van der Waals surface area contributed by atoms with Crippen LogP contribution in [0.2, 0.25) is 0 Å². The topological polar surface area (TPSA) is 130 Å². The first kappa shape index (κ1) is 24.3. The fourth-order valence-corrected chi connectivity index (χ4v) is 4.96. The maximum atomic E-state index is 12.5. The first-order valence-corrected chi connectivity index (χ1v) is 12.2. The lowest BCUT2D eigenvalue weighted by Crippen LogP contribution is -2.38. The molecule has 4 rings (SSSR count). The molecule has 1 aromatic heterocycles. The average molecular weight is 496 g/mol. The number of aromatic hydroxyl groups is 1. The van der Waals surface area contributed by atoms with Gasteiger partial charge in [0.1, 0.15) is 0 Å². The molecular formula is C25H25N3O6S. The molecule has 0 saturated heterocycles. The predicted octanol–water partition coefficient (Wildman–Crippen LogP) is 2.10. The van der Waals surface area contributed by atoms with E-state index in [0.717, 1.165) is 16.9 Å². The van der Waals surface area contributed by atoms with Crippen LogP contribution in [0.5, 0.6) is 11.5 Å². The lowest BCUT2D eigenvalue weighted by atomic mass is 10.0. The van der Waals surface area contributed by atoms with Crippen LogP contribution in [-0.4, -0.2) is 45.8 Å². The van der Waals surface area contributed by atoms with Gasteiger partial charge >= 0.3 is 5.69 Å². The van der Waals surface area contributed by atoms with Crippen molar-refractivity contribution in [2.24, 2.45) is 0 Å². The molecule has 3 N–H and O–H groups in total. The van der Waals surface area contributed by atoms with Crippen molar-refractivity contribution in [1.82, 2.24) is 14.9 Å². The third-order valence-electron chi connectivity index (χ3n) is 5.87. The largest absolute Gasteiger partial charge is 0.504 e. The molecule has 2 aromatic carbocycles. The number of benzene rings is 2. The molecule has 0 bridgehead atoms. The summed E-state index contributed by atoms with van der Waals surface area (Å²) in [7, 11) is 1.48. The van der Waals surface area contributed by atoms with E-state index >= 15 is 0 Å². The van der Waals surface area contributed by atoms with Crippen LogP contribution in [0.15, 0.2) is 52.1 Å². The highest BCUT2D eigenvalue weighted by atomic mass is 32.2. The molecule has 0 atom stereocenters. The van der Waals surface area contributed by atoms with Crippen molar-refractivity contribution >= 4 is 23.5 Å². The fraction of sp³-hybridized carbons (Fsp3) is 0.280. The van der Waals surface area contributed by atoms with E-state index in [2.05, 4.69) is 10.3 Å². The van der Waals surface area contributed by atoms with Crippen molar-refractivity contribution in [2.45, 2.75) is 25.1 Å². The molecule has 0 radical (unpaired) electrons. The van der Waals surface area contributed by atoms with E-state index in [0.29, 0.717) is 34.7 Å². The first-order chi connectivity index (χ1) is 16.9. The Labute approximate surface area is 205 Å². The van der Waals surface area contributed by atoms with Crippen LogP contribution in [0.4, 0.5) is 0 Å². The Bertz CT molecular complexity index is 1380. The van der Waals surface area contributed by atoms with Gasteiger partial charge in [0.2, 0.25) is 5.91 Å². The van der Waals surface area contributed by atoms with Gasteiger partial charge in [0.05, 0.1) is 13.7 Å². The lowest BCUT2D eigenvalue weighted by Gasteiger charge is -2.19. The molecule has 1 amide bonds.